The van der Waals surface area contributed by atoms with Crippen LogP contribution < -0.4 is 16.0 Å². The van der Waals surface area contributed by atoms with Crippen molar-refractivity contribution in [2.45, 2.75) is 12.5 Å². The molecule has 2 aromatic heterocycles. The van der Waals surface area contributed by atoms with E-state index in [-0.39, 0.29) is 11.1 Å². The number of nitrogens with two attached hydrogens (primary N) is 1. The van der Waals surface area contributed by atoms with E-state index in [9.17, 15) is 4.39 Å². The summed E-state index contributed by atoms with van der Waals surface area (Å²) < 4.78 is 13.3. The van der Waals surface area contributed by atoms with Crippen molar-refractivity contribution >= 4 is 40.0 Å². The Kier molecular flexibility index (Phi) is 4.01. The predicted octanol–water partition coefficient (Wildman–Crippen LogP) is 3.09. The van der Waals surface area contributed by atoms with Gasteiger partial charge in [0.15, 0.2) is 5.65 Å². The van der Waals surface area contributed by atoms with Gasteiger partial charge in [-0.3, -0.25) is 0 Å². The van der Waals surface area contributed by atoms with E-state index >= 15 is 0 Å². The molecule has 128 valence electrons. The summed E-state index contributed by atoms with van der Waals surface area (Å²) in [6, 6.07) is 8.61. The van der Waals surface area contributed by atoms with Crippen molar-refractivity contribution in [3.8, 4) is 0 Å². The molecule has 8 heteroatoms. The summed E-state index contributed by atoms with van der Waals surface area (Å²) in [7, 11) is 0. The Labute approximate surface area is 148 Å². The second-order valence-electron chi connectivity index (χ2n) is 6.00. The van der Waals surface area contributed by atoms with Crippen molar-refractivity contribution < 1.29 is 4.39 Å². The molecule has 0 aliphatic carbocycles. The van der Waals surface area contributed by atoms with Crippen molar-refractivity contribution in [2.75, 3.05) is 29.0 Å². The molecule has 1 saturated heterocycles. The van der Waals surface area contributed by atoms with Crippen LogP contribution in [0, 0.1) is 5.82 Å². The number of aromatic nitrogens is 3. The summed E-state index contributed by atoms with van der Waals surface area (Å²) in [6.07, 6.45) is 2.41. The van der Waals surface area contributed by atoms with E-state index in [0.29, 0.717) is 11.5 Å². The highest BCUT2D eigenvalue weighted by molar-refractivity contribution is 6.31. The molecular weight excluding hydrogens is 343 g/mol. The lowest BCUT2D eigenvalue weighted by atomic mass is 10.2. The molecular formula is C17H16ClFN6. The summed E-state index contributed by atoms with van der Waals surface area (Å²) in [5.74, 6) is 0.761. The van der Waals surface area contributed by atoms with Crippen molar-refractivity contribution in [3.63, 3.8) is 0 Å². The number of nitrogens with zero attached hydrogens (tertiary/aromatic N) is 4. The minimum absolute atomic E-state index is 0.138. The first-order valence-electron chi connectivity index (χ1n) is 7.94. The molecule has 3 N–H and O–H groups in total. The van der Waals surface area contributed by atoms with E-state index < -0.39 is 5.82 Å². The van der Waals surface area contributed by atoms with E-state index in [1.54, 1.807) is 18.2 Å². The quantitative estimate of drug-likeness (QED) is 0.749. The van der Waals surface area contributed by atoms with Gasteiger partial charge in [0.1, 0.15) is 23.8 Å². The number of anilines is 3. The maximum absolute atomic E-state index is 13.3. The van der Waals surface area contributed by atoms with Crippen molar-refractivity contribution in [2.24, 2.45) is 0 Å². The van der Waals surface area contributed by atoms with Gasteiger partial charge < -0.3 is 16.0 Å². The highest BCUT2D eigenvalue weighted by Crippen LogP contribution is 2.27. The molecule has 0 amide bonds. The Balaban J connectivity index is 1.52. The van der Waals surface area contributed by atoms with Crippen LogP contribution in [-0.2, 0) is 0 Å². The standard InChI is InChI=1S/C17H16ClFN6/c18-13-7-11(1-3-14(13)19)25-6-5-10(8-25)23-16-12-2-4-15(20)24-17(12)22-9-21-16/h1-4,7,9-10H,5-6,8H2,(H3,20,21,22,23,24). The molecule has 6 nitrogen and oxygen atoms in total. The van der Waals surface area contributed by atoms with Crippen molar-refractivity contribution in [1.29, 1.82) is 0 Å². The first-order valence-corrected chi connectivity index (χ1v) is 8.32. The van der Waals surface area contributed by atoms with Gasteiger partial charge in [0, 0.05) is 24.8 Å². The molecule has 3 heterocycles. The first kappa shape index (κ1) is 15.8. The molecule has 1 aromatic carbocycles. The molecule has 1 aliphatic heterocycles. The Morgan fingerprint density at radius 3 is 2.96 bits per heavy atom. The van der Waals surface area contributed by atoms with Crippen LogP contribution in [0.5, 0.6) is 0 Å². The second kappa shape index (κ2) is 6.33. The zero-order valence-corrected chi connectivity index (χ0v) is 14.0. The molecule has 0 bridgehead atoms. The fourth-order valence-electron chi connectivity index (χ4n) is 3.06. The van der Waals surface area contributed by atoms with E-state index in [2.05, 4.69) is 25.2 Å². The third-order valence-electron chi connectivity index (χ3n) is 4.32. The number of nitrogens with one attached hydrogen (secondary N) is 1. The fraction of sp³-hybridized carbons (Fsp3) is 0.235. The maximum Gasteiger partial charge on any atom is 0.166 e. The molecule has 1 atom stereocenters. The molecule has 0 saturated carbocycles. The summed E-state index contributed by atoms with van der Waals surface area (Å²) in [4.78, 5) is 14.9. The van der Waals surface area contributed by atoms with Crippen LogP contribution in [0.15, 0.2) is 36.7 Å². The number of pyridine rings is 1. The van der Waals surface area contributed by atoms with Crippen LogP contribution in [0.3, 0.4) is 0 Å². The first-order chi connectivity index (χ1) is 12.1. The van der Waals surface area contributed by atoms with Gasteiger partial charge >= 0.3 is 0 Å². The molecule has 1 fully saturated rings. The number of hydrogen-bond donors (Lipinski definition) is 2. The average Bonchev–Trinajstić information content (AvgIpc) is 3.06. The molecule has 3 aromatic rings. The minimum Gasteiger partial charge on any atom is -0.384 e. The van der Waals surface area contributed by atoms with Crippen molar-refractivity contribution in [1.82, 2.24) is 15.0 Å². The van der Waals surface area contributed by atoms with Crippen LogP contribution in [0.4, 0.5) is 21.7 Å². The average molecular weight is 359 g/mol. The molecule has 1 aliphatic rings. The fourth-order valence-corrected chi connectivity index (χ4v) is 3.23. The summed E-state index contributed by atoms with van der Waals surface area (Å²) in [6.45, 7) is 1.63. The Morgan fingerprint density at radius 1 is 1.24 bits per heavy atom. The number of nitrogen functional groups attached to an aromatic ring is 1. The minimum atomic E-state index is -0.404. The van der Waals surface area contributed by atoms with Gasteiger partial charge in [-0.25, -0.2) is 19.3 Å². The van der Waals surface area contributed by atoms with Crippen LogP contribution in [0.25, 0.3) is 11.0 Å². The third kappa shape index (κ3) is 3.15. The Morgan fingerprint density at radius 2 is 2.12 bits per heavy atom. The molecule has 25 heavy (non-hydrogen) atoms. The monoisotopic (exact) mass is 358 g/mol. The largest absolute Gasteiger partial charge is 0.384 e. The lowest BCUT2D eigenvalue weighted by molar-refractivity contribution is 0.628. The lowest BCUT2D eigenvalue weighted by Crippen LogP contribution is -2.26. The number of rotatable bonds is 3. The molecule has 0 radical (unpaired) electrons. The lowest BCUT2D eigenvalue weighted by Gasteiger charge is -2.20. The molecule has 1 unspecified atom stereocenters. The maximum atomic E-state index is 13.3. The number of fused-ring (bicyclic) bond motifs is 1. The second-order valence-corrected chi connectivity index (χ2v) is 6.41. The zero-order valence-electron chi connectivity index (χ0n) is 13.3. The van der Waals surface area contributed by atoms with Gasteiger partial charge in [-0.05, 0) is 36.8 Å². The Hall–Kier alpha value is -2.67. The van der Waals surface area contributed by atoms with E-state index in [0.717, 1.165) is 36.4 Å². The SMILES string of the molecule is Nc1ccc2c(NC3CCN(c4ccc(F)c(Cl)c4)C3)ncnc2n1. The van der Waals surface area contributed by atoms with Gasteiger partial charge in [0.25, 0.3) is 0 Å². The number of benzene rings is 1. The van der Waals surface area contributed by atoms with Crippen LogP contribution >= 0.6 is 11.6 Å². The highest BCUT2D eigenvalue weighted by atomic mass is 35.5. The van der Waals surface area contributed by atoms with Crippen LogP contribution in [0.2, 0.25) is 5.02 Å². The van der Waals surface area contributed by atoms with E-state index in [4.69, 9.17) is 17.3 Å². The van der Waals surface area contributed by atoms with Crippen LogP contribution in [0.1, 0.15) is 6.42 Å². The molecule has 4 rings (SSSR count). The summed E-state index contributed by atoms with van der Waals surface area (Å²) in [5, 5.41) is 4.42. The predicted molar refractivity (Wildman–Crippen MR) is 97.4 cm³/mol. The highest BCUT2D eigenvalue weighted by Gasteiger charge is 2.24. The number of halogens is 2. The molecule has 0 spiro atoms. The van der Waals surface area contributed by atoms with Gasteiger partial charge in [0.2, 0.25) is 0 Å². The van der Waals surface area contributed by atoms with E-state index in [1.165, 1.54) is 12.4 Å². The summed E-state index contributed by atoms with van der Waals surface area (Å²) in [5.41, 5.74) is 7.19. The third-order valence-corrected chi connectivity index (χ3v) is 4.61. The van der Waals surface area contributed by atoms with Gasteiger partial charge in [-0.1, -0.05) is 11.6 Å². The smallest absolute Gasteiger partial charge is 0.166 e. The number of hydrogen-bond acceptors (Lipinski definition) is 6. The van der Waals surface area contributed by atoms with E-state index in [1.807, 2.05) is 6.07 Å². The van der Waals surface area contributed by atoms with Gasteiger partial charge in [0.05, 0.1) is 10.4 Å². The summed E-state index contributed by atoms with van der Waals surface area (Å²) >= 11 is 5.89. The van der Waals surface area contributed by atoms with Crippen molar-refractivity contribution in [3.05, 3.63) is 47.5 Å². The Bertz CT molecular complexity index is 934. The zero-order chi connectivity index (χ0) is 17.4. The topological polar surface area (TPSA) is 80.0 Å². The normalized spacial score (nSPS) is 17.2. The van der Waals surface area contributed by atoms with Gasteiger partial charge in [-0.2, -0.15) is 0 Å². The van der Waals surface area contributed by atoms with Gasteiger partial charge in [-0.15, -0.1) is 0 Å². The van der Waals surface area contributed by atoms with Crippen LogP contribution in [-0.4, -0.2) is 34.1 Å².